The smallest absolute Gasteiger partial charge is 0.311 e. The molecule has 1 saturated carbocycles. The van der Waals surface area contributed by atoms with E-state index in [4.69, 9.17) is 10.8 Å². The third kappa shape index (κ3) is 2.71. The highest BCUT2D eigenvalue weighted by Gasteiger charge is 2.59. The number of rotatable bonds is 7. The molecule has 15 heavy (non-hydrogen) atoms. The summed E-state index contributed by atoms with van der Waals surface area (Å²) in [6.07, 6.45) is 5.50. The van der Waals surface area contributed by atoms with Crippen LogP contribution in [-0.2, 0) is 4.79 Å². The van der Waals surface area contributed by atoms with Crippen LogP contribution < -0.4 is 5.73 Å². The zero-order chi connectivity index (χ0) is 11.5. The van der Waals surface area contributed by atoms with Crippen LogP contribution in [0.15, 0.2) is 0 Å². The molecule has 88 valence electrons. The molecule has 0 saturated heterocycles. The molecule has 0 radical (unpaired) electrons. The quantitative estimate of drug-likeness (QED) is 0.681. The topological polar surface area (TPSA) is 63.3 Å². The van der Waals surface area contributed by atoms with Crippen molar-refractivity contribution in [3.8, 4) is 0 Å². The first-order valence-corrected chi connectivity index (χ1v) is 6.00. The van der Waals surface area contributed by atoms with Crippen molar-refractivity contribution in [1.82, 2.24) is 0 Å². The van der Waals surface area contributed by atoms with Gasteiger partial charge in [-0.05, 0) is 24.7 Å². The monoisotopic (exact) mass is 213 g/mol. The fraction of sp³-hybridized carbons (Fsp3) is 0.917. The highest BCUT2D eigenvalue weighted by Crippen LogP contribution is 2.55. The predicted molar refractivity (Wildman–Crippen MR) is 60.5 cm³/mol. The minimum atomic E-state index is -0.697. The van der Waals surface area contributed by atoms with Gasteiger partial charge in [0, 0.05) is 6.54 Å². The van der Waals surface area contributed by atoms with Gasteiger partial charge in [-0.25, -0.2) is 0 Å². The average molecular weight is 213 g/mol. The number of carboxylic acids is 1. The molecule has 0 aliphatic heterocycles. The molecule has 0 heterocycles. The van der Waals surface area contributed by atoms with Crippen LogP contribution in [0.2, 0.25) is 0 Å². The van der Waals surface area contributed by atoms with E-state index in [1.165, 1.54) is 19.3 Å². The molecule has 3 atom stereocenters. The lowest BCUT2D eigenvalue weighted by molar-refractivity contribution is -0.143. The average Bonchev–Trinajstić information content (AvgIpc) is 2.90. The Morgan fingerprint density at radius 2 is 2.33 bits per heavy atom. The van der Waals surface area contributed by atoms with E-state index in [2.05, 4.69) is 13.8 Å². The van der Waals surface area contributed by atoms with E-state index >= 15 is 0 Å². The number of unbranched alkanes of at least 4 members (excludes halogenated alkanes) is 1. The number of hydrogen-bond donors (Lipinski definition) is 2. The first kappa shape index (κ1) is 12.5. The van der Waals surface area contributed by atoms with E-state index in [1.807, 2.05) is 0 Å². The van der Waals surface area contributed by atoms with Crippen molar-refractivity contribution in [3.05, 3.63) is 0 Å². The normalized spacial score (nSPS) is 31.3. The molecule has 0 aromatic carbocycles. The summed E-state index contributed by atoms with van der Waals surface area (Å²) in [6.45, 7) is 4.70. The minimum Gasteiger partial charge on any atom is -0.481 e. The molecule has 0 aromatic rings. The highest BCUT2D eigenvalue weighted by atomic mass is 16.4. The summed E-state index contributed by atoms with van der Waals surface area (Å²) < 4.78 is 0. The molecule has 0 aromatic heterocycles. The summed E-state index contributed by atoms with van der Waals surface area (Å²) >= 11 is 0. The van der Waals surface area contributed by atoms with Gasteiger partial charge < -0.3 is 10.8 Å². The van der Waals surface area contributed by atoms with Gasteiger partial charge in [-0.1, -0.05) is 33.1 Å². The van der Waals surface area contributed by atoms with Crippen molar-refractivity contribution < 1.29 is 9.90 Å². The SMILES string of the molecule is CCCCC(C)CC1CC1(CN)C(=O)O. The van der Waals surface area contributed by atoms with E-state index in [9.17, 15) is 4.79 Å². The maximum absolute atomic E-state index is 11.0. The molecule has 0 spiro atoms. The largest absolute Gasteiger partial charge is 0.481 e. The fourth-order valence-corrected chi connectivity index (χ4v) is 2.45. The molecule has 3 N–H and O–H groups in total. The highest BCUT2D eigenvalue weighted by molar-refractivity contribution is 5.78. The number of aliphatic carboxylic acids is 1. The Balaban J connectivity index is 2.33. The van der Waals surface area contributed by atoms with Gasteiger partial charge in [0.1, 0.15) is 0 Å². The Bertz CT molecular complexity index is 230. The molecule has 3 unspecified atom stereocenters. The standard InChI is InChI=1S/C12H23NO2/c1-3-4-5-9(2)6-10-7-12(10,8-13)11(14)15/h9-10H,3-8,13H2,1-2H3,(H,14,15). The predicted octanol–water partition coefficient (Wildman–Crippen LogP) is 2.25. The lowest BCUT2D eigenvalue weighted by atomic mass is 9.93. The molecule has 1 rings (SSSR count). The summed E-state index contributed by atoms with van der Waals surface area (Å²) in [5, 5.41) is 9.08. The second-order valence-electron chi connectivity index (χ2n) is 5.05. The molecule has 3 nitrogen and oxygen atoms in total. The Morgan fingerprint density at radius 1 is 1.67 bits per heavy atom. The van der Waals surface area contributed by atoms with Gasteiger partial charge in [-0.15, -0.1) is 0 Å². The number of hydrogen-bond acceptors (Lipinski definition) is 2. The zero-order valence-corrected chi connectivity index (χ0v) is 9.83. The Kier molecular flexibility index (Phi) is 4.14. The minimum absolute atomic E-state index is 0.299. The van der Waals surface area contributed by atoms with Gasteiger partial charge in [-0.2, -0.15) is 0 Å². The van der Waals surface area contributed by atoms with Crippen molar-refractivity contribution in [1.29, 1.82) is 0 Å². The van der Waals surface area contributed by atoms with Crippen LogP contribution in [0.3, 0.4) is 0 Å². The van der Waals surface area contributed by atoms with Crippen LogP contribution in [0.4, 0.5) is 0 Å². The molecular weight excluding hydrogens is 190 g/mol. The number of carbonyl (C=O) groups is 1. The van der Waals surface area contributed by atoms with Crippen LogP contribution in [0.25, 0.3) is 0 Å². The number of carboxylic acid groups (broad SMARTS) is 1. The van der Waals surface area contributed by atoms with Gasteiger partial charge in [0.05, 0.1) is 5.41 Å². The fourth-order valence-electron chi connectivity index (χ4n) is 2.45. The third-order valence-corrected chi connectivity index (χ3v) is 3.76. The Hall–Kier alpha value is -0.570. The maximum atomic E-state index is 11.0. The molecule has 1 aliphatic rings. The van der Waals surface area contributed by atoms with Gasteiger partial charge >= 0.3 is 5.97 Å². The van der Waals surface area contributed by atoms with Crippen LogP contribution >= 0.6 is 0 Å². The molecular formula is C12H23NO2. The summed E-state index contributed by atoms with van der Waals surface area (Å²) in [7, 11) is 0. The van der Waals surface area contributed by atoms with Crippen LogP contribution in [0, 0.1) is 17.3 Å². The molecule has 3 heteroatoms. The molecule has 0 amide bonds. The first-order valence-electron chi connectivity index (χ1n) is 6.00. The van der Waals surface area contributed by atoms with Gasteiger partial charge in [-0.3, -0.25) is 4.79 Å². The van der Waals surface area contributed by atoms with Crippen molar-refractivity contribution in [2.45, 2.75) is 46.0 Å². The van der Waals surface area contributed by atoms with E-state index in [0.29, 0.717) is 18.4 Å². The van der Waals surface area contributed by atoms with Gasteiger partial charge in [0.2, 0.25) is 0 Å². The zero-order valence-electron chi connectivity index (χ0n) is 9.83. The summed E-state index contributed by atoms with van der Waals surface area (Å²) in [5.41, 5.74) is 4.99. The van der Waals surface area contributed by atoms with E-state index < -0.39 is 11.4 Å². The van der Waals surface area contributed by atoms with Crippen molar-refractivity contribution >= 4 is 5.97 Å². The lowest BCUT2D eigenvalue weighted by Crippen LogP contribution is -2.27. The molecule has 1 fully saturated rings. The Morgan fingerprint density at radius 3 is 2.73 bits per heavy atom. The van der Waals surface area contributed by atoms with Crippen molar-refractivity contribution in [2.24, 2.45) is 23.0 Å². The van der Waals surface area contributed by atoms with E-state index in [0.717, 1.165) is 12.8 Å². The van der Waals surface area contributed by atoms with E-state index in [1.54, 1.807) is 0 Å². The maximum Gasteiger partial charge on any atom is 0.311 e. The molecule has 0 bridgehead atoms. The van der Waals surface area contributed by atoms with Crippen LogP contribution in [-0.4, -0.2) is 17.6 Å². The van der Waals surface area contributed by atoms with Crippen molar-refractivity contribution in [2.75, 3.05) is 6.54 Å². The van der Waals surface area contributed by atoms with Crippen LogP contribution in [0.5, 0.6) is 0 Å². The van der Waals surface area contributed by atoms with E-state index in [-0.39, 0.29) is 0 Å². The summed E-state index contributed by atoms with van der Waals surface area (Å²) in [4.78, 5) is 11.0. The Labute approximate surface area is 92.0 Å². The van der Waals surface area contributed by atoms with Gasteiger partial charge in [0.15, 0.2) is 0 Å². The third-order valence-electron chi connectivity index (χ3n) is 3.76. The second-order valence-corrected chi connectivity index (χ2v) is 5.05. The summed E-state index contributed by atoms with van der Waals surface area (Å²) in [6, 6.07) is 0. The number of nitrogens with two attached hydrogens (primary N) is 1. The summed E-state index contributed by atoms with van der Waals surface area (Å²) in [5.74, 6) is 0.271. The van der Waals surface area contributed by atoms with Gasteiger partial charge in [0.25, 0.3) is 0 Å². The van der Waals surface area contributed by atoms with Crippen LogP contribution in [0.1, 0.15) is 46.0 Å². The van der Waals surface area contributed by atoms with Crippen molar-refractivity contribution in [3.63, 3.8) is 0 Å². The first-order chi connectivity index (χ1) is 7.06. The second kappa shape index (κ2) is 4.97. The lowest BCUT2D eigenvalue weighted by Gasteiger charge is -2.13. The molecule has 1 aliphatic carbocycles.